The van der Waals surface area contributed by atoms with Gasteiger partial charge in [0.25, 0.3) is 5.56 Å². The smallest absolute Gasteiger partial charge is 0.277 e. The molecule has 0 unspecified atom stereocenters. The molecular formula is C26H30N4O2. The fourth-order valence-electron chi connectivity index (χ4n) is 3.94. The molecule has 2 heterocycles. The first kappa shape index (κ1) is 21.8. The Morgan fingerprint density at radius 3 is 2.12 bits per heavy atom. The SMILES string of the molecule is CC(C)(C)c1cc(-c2nc3ncn(Cc4ccccc4)c3c(=O)[nH]2)cc(C(C)(C)C)c1O. The first-order chi connectivity index (χ1) is 14.9. The van der Waals surface area contributed by atoms with Crippen LogP contribution in [0.2, 0.25) is 0 Å². The minimum absolute atomic E-state index is 0.235. The highest BCUT2D eigenvalue weighted by molar-refractivity contribution is 5.74. The zero-order valence-electron chi connectivity index (χ0n) is 19.5. The Labute approximate surface area is 188 Å². The molecule has 0 atom stereocenters. The van der Waals surface area contributed by atoms with Crippen LogP contribution in [0.1, 0.15) is 58.2 Å². The molecule has 2 aromatic heterocycles. The van der Waals surface area contributed by atoms with E-state index in [2.05, 4.69) is 56.5 Å². The molecule has 2 N–H and O–H groups in total. The Morgan fingerprint density at radius 1 is 0.969 bits per heavy atom. The number of aromatic amines is 1. The summed E-state index contributed by atoms with van der Waals surface area (Å²) in [4.78, 5) is 25.1. The number of imidazole rings is 1. The second-order valence-electron chi connectivity index (χ2n) is 10.4. The van der Waals surface area contributed by atoms with Crippen LogP contribution in [0.4, 0.5) is 0 Å². The third-order valence-electron chi connectivity index (χ3n) is 5.68. The zero-order valence-corrected chi connectivity index (χ0v) is 19.5. The van der Waals surface area contributed by atoms with Gasteiger partial charge in [0.2, 0.25) is 0 Å². The molecule has 0 aliphatic heterocycles. The summed E-state index contributed by atoms with van der Waals surface area (Å²) in [5.74, 6) is 0.743. The molecule has 6 heteroatoms. The van der Waals surface area contributed by atoms with Gasteiger partial charge in [-0.3, -0.25) is 4.79 Å². The van der Waals surface area contributed by atoms with Crippen molar-refractivity contribution in [3.8, 4) is 17.1 Å². The number of phenolic OH excluding ortho intramolecular Hbond substituents is 1. The first-order valence-corrected chi connectivity index (χ1v) is 10.8. The lowest BCUT2D eigenvalue weighted by Gasteiger charge is -2.28. The Morgan fingerprint density at radius 2 is 1.56 bits per heavy atom. The molecule has 0 radical (unpaired) electrons. The van der Waals surface area contributed by atoms with Gasteiger partial charge in [-0.05, 0) is 28.5 Å². The molecule has 0 fully saturated rings. The molecule has 2 aromatic carbocycles. The van der Waals surface area contributed by atoms with E-state index in [-0.39, 0.29) is 16.4 Å². The lowest BCUT2D eigenvalue weighted by Crippen LogP contribution is -2.18. The molecule has 4 rings (SSSR count). The van der Waals surface area contributed by atoms with Gasteiger partial charge < -0.3 is 14.7 Å². The van der Waals surface area contributed by atoms with Crippen molar-refractivity contribution in [3.05, 3.63) is 75.8 Å². The van der Waals surface area contributed by atoms with Crippen molar-refractivity contribution in [1.82, 2.24) is 19.5 Å². The van der Waals surface area contributed by atoms with Crippen LogP contribution >= 0.6 is 0 Å². The number of H-pyrrole nitrogens is 1. The first-order valence-electron chi connectivity index (χ1n) is 10.8. The van der Waals surface area contributed by atoms with E-state index in [9.17, 15) is 9.90 Å². The molecule has 0 saturated heterocycles. The van der Waals surface area contributed by atoms with E-state index in [1.54, 1.807) is 6.33 Å². The van der Waals surface area contributed by atoms with Crippen molar-refractivity contribution in [2.75, 3.05) is 0 Å². The molecule has 0 spiro atoms. The van der Waals surface area contributed by atoms with Crippen molar-refractivity contribution >= 4 is 11.2 Å². The van der Waals surface area contributed by atoms with Gasteiger partial charge in [0, 0.05) is 23.2 Å². The van der Waals surface area contributed by atoms with E-state index in [0.717, 1.165) is 22.3 Å². The number of aromatic hydroxyl groups is 1. The van der Waals surface area contributed by atoms with Gasteiger partial charge in [-0.2, -0.15) is 0 Å². The maximum absolute atomic E-state index is 13.1. The van der Waals surface area contributed by atoms with Crippen LogP contribution in [0, 0.1) is 0 Å². The topological polar surface area (TPSA) is 83.8 Å². The number of benzene rings is 2. The Kier molecular flexibility index (Phi) is 5.19. The number of rotatable bonds is 3. The van der Waals surface area contributed by atoms with Gasteiger partial charge >= 0.3 is 0 Å². The molecule has 6 nitrogen and oxygen atoms in total. The number of hydrogen-bond acceptors (Lipinski definition) is 4. The Balaban J connectivity index is 1.87. The standard InChI is InChI=1S/C26H30N4O2/c1-25(2,3)18-12-17(13-19(21(18)31)26(4,5)6)22-28-23-20(24(32)29-22)30(15-27-23)14-16-10-8-7-9-11-16/h7-13,15,31H,14H2,1-6H3,(H,28,29,32). The fraction of sp³-hybridized carbons (Fsp3) is 0.346. The van der Waals surface area contributed by atoms with E-state index in [1.165, 1.54) is 0 Å². The lowest BCUT2D eigenvalue weighted by atomic mass is 9.78. The highest BCUT2D eigenvalue weighted by Gasteiger charge is 2.27. The van der Waals surface area contributed by atoms with Crippen molar-refractivity contribution in [1.29, 1.82) is 0 Å². The molecule has 0 bridgehead atoms. The summed E-state index contributed by atoms with van der Waals surface area (Å²) in [7, 11) is 0. The van der Waals surface area contributed by atoms with Crippen molar-refractivity contribution in [2.24, 2.45) is 0 Å². The predicted octanol–water partition coefficient (Wildman–Crippen LogP) is 5.14. The van der Waals surface area contributed by atoms with Crippen molar-refractivity contribution in [2.45, 2.75) is 58.9 Å². The largest absolute Gasteiger partial charge is 0.507 e. The molecule has 32 heavy (non-hydrogen) atoms. The van der Waals surface area contributed by atoms with E-state index >= 15 is 0 Å². The van der Waals surface area contributed by atoms with Crippen LogP contribution in [0.15, 0.2) is 53.6 Å². The maximum Gasteiger partial charge on any atom is 0.277 e. The van der Waals surface area contributed by atoms with Gasteiger partial charge in [-0.25, -0.2) is 9.97 Å². The molecule has 166 valence electrons. The summed E-state index contributed by atoms with van der Waals surface area (Å²) in [6, 6.07) is 13.8. The number of aromatic nitrogens is 4. The third-order valence-corrected chi connectivity index (χ3v) is 5.68. The van der Waals surface area contributed by atoms with Gasteiger partial charge in [-0.15, -0.1) is 0 Å². The van der Waals surface area contributed by atoms with Gasteiger partial charge in [0.05, 0.1) is 6.33 Å². The minimum atomic E-state index is -0.276. The quantitative estimate of drug-likeness (QED) is 0.472. The molecule has 4 aromatic rings. The predicted molar refractivity (Wildman–Crippen MR) is 128 cm³/mol. The molecule has 0 aliphatic rings. The van der Waals surface area contributed by atoms with Crippen molar-refractivity contribution in [3.63, 3.8) is 0 Å². The van der Waals surface area contributed by atoms with E-state index in [4.69, 9.17) is 0 Å². The average molecular weight is 431 g/mol. The van der Waals surface area contributed by atoms with E-state index in [1.807, 2.05) is 47.0 Å². The summed E-state index contributed by atoms with van der Waals surface area (Å²) in [5.41, 5.74) is 3.54. The number of fused-ring (bicyclic) bond motifs is 1. The summed E-state index contributed by atoms with van der Waals surface area (Å²) in [6.45, 7) is 12.9. The van der Waals surface area contributed by atoms with Gasteiger partial charge in [0.1, 0.15) is 11.6 Å². The van der Waals surface area contributed by atoms with Crippen molar-refractivity contribution < 1.29 is 5.11 Å². The summed E-state index contributed by atoms with van der Waals surface area (Å²) in [6.07, 6.45) is 1.65. The van der Waals surface area contributed by atoms with Gasteiger partial charge in [-0.1, -0.05) is 71.9 Å². The molecular weight excluding hydrogens is 400 g/mol. The molecule has 0 saturated carbocycles. The van der Waals surface area contributed by atoms with Crippen LogP contribution in [-0.2, 0) is 17.4 Å². The second kappa shape index (κ2) is 7.62. The lowest BCUT2D eigenvalue weighted by molar-refractivity contribution is 0.423. The van der Waals surface area contributed by atoms with Gasteiger partial charge in [0.15, 0.2) is 11.2 Å². The Bertz CT molecular complexity index is 1300. The summed E-state index contributed by atoms with van der Waals surface area (Å²) in [5, 5.41) is 11.0. The minimum Gasteiger partial charge on any atom is -0.507 e. The zero-order chi connectivity index (χ0) is 23.3. The highest BCUT2D eigenvalue weighted by Crippen LogP contribution is 2.41. The van der Waals surface area contributed by atoms with Crippen LogP contribution in [0.3, 0.4) is 0 Å². The normalized spacial score (nSPS) is 12.4. The number of hydrogen-bond donors (Lipinski definition) is 2. The number of nitrogens with zero attached hydrogens (tertiary/aromatic N) is 3. The van der Waals surface area contributed by atoms with Crippen LogP contribution in [0.5, 0.6) is 5.75 Å². The van der Waals surface area contributed by atoms with E-state index < -0.39 is 0 Å². The fourth-order valence-corrected chi connectivity index (χ4v) is 3.94. The average Bonchev–Trinajstić information content (AvgIpc) is 3.10. The van der Waals surface area contributed by atoms with Crippen LogP contribution in [-0.4, -0.2) is 24.6 Å². The molecule has 0 amide bonds. The van der Waals surface area contributed by atoms with Crippen LogP contribution in [0.25, 0.3) is 22.6 Å². The monoisotopic (exact) mass is 430 g/mol. The number of nitrogens with one attached hydrogen (secondary N) is 1. The third kappa shape index (κ3) is 4.05. The summed E-state index contributed by atoms with van der Waals surface area (Å²) < 4.78 is 1.82. The Hall–Kier alpha value is -3.41. The second-order valence-corrected chi connectivity index (χ2v) is 10.4. The number of phenols is 1. The molecule has 0 aliphatic carbocycles. The summed E-state index contributed by atoms with van der Waals surface area (Å²) >= 11 is 0. The van der Waals surface area contributed by atoms with E-state index in [0.29, 0.717) is 29.3 Å². The van der Waals surface area contributed by atoms with Crippen LogP contribution < -0.4 is 5.56 Å². The highest BCUT2D eigenvalue weighted by atomic mass is 16.3. The maximum atomic E-state index is 13.1.